The van der Waals surface area contributed by atoms with Crippen LogP contribution >= 0.6 is 0 Å². The van der Waals surface area contributed by atoms with E-state index >= 15 is 0 Å². The zero-order valence-corrected chi connectivity index (χ0v) is 12.8. The summed E-state index contributed by atoms with van der Waals surface area (Å²) in [4.78, 5) is 19.1. The van der Waals surface area contributed by atoms with Crippen molar-refractivity contribution in [2.45, 2.75) is 13.8 Å². The fourth-order valence-electron chi connectivity index (χ4n) is 0.440. The van der Waals surface area contributed by atoms with E-state index in [1.54, 1.807) is 13.8 Å². The van der Waals surface area contributed by atoms with E-state index in [4.69, 9.17) is 14.9 Å². The van der Waals surface area contributed by atoms with Crippen molar-refractivity contribution < 1.29 is 77.4 Å². The van der Waals surface area contributed by atoms with Crippen LogP contribution in [0.2, 0.25) is 0 Å². The van der Waals surface area contributed by atoms with E-state index in [0.29, 0.717) is 23.7 Å². The number of hydrogen-bond acceptors (Lipinski definition) is 3. The van der Waals surface area contributed by atoms with Gasteiger partial charge in [0.2, 0.25) is 0 Å². The molecule has 0 aromatic heterocycles. The summed E-state index contributed by atoms with van der Waals surface area (Å²) in [6, 6.07) is 0. The summed E-state index contributed by atoms with van der Waals surface area (Å²) in [5.74, 6) is -1.14. The van der Waals surface area contributed by atoms with Crippen LogP contribution in [0.3, 0.4) is 0 Å². The van der Waals surface area contributed by atoms with E-state index in [1.807, 2.05) is 0 Å². The van der Waals surface area contributed by atoms with Gasteiger partial charge in [-0.2, -0.15) is 0 Å². The van der Waals surface area contributed by atoms with Gasteiger partial charge in [-0.15, -0.1) is 0 Å². The predicted molar refractivity (Wildman–Crippen MR) is 56.2 cm³/mol. The maximum absolute atomic E-state index is 9.55. The molecule has 0 fully saturated rings. The van der Waals surface area contributed by atoms with Gasteiger partial charge >= 0.3 is 63.3 Å². The molecule has 0 amide bonds. The van der Waals surface area contributed by atoms with Gasteiger partial charge in [0.25, 0.3) is 0 Å². The van der Waals surface area contributed by atoms with Gasteiger partial charge in [0.1, 0.15) is 0 Å². The van der Waals surface area contributed by atoms with E-state index in [2.05, 4.69) is 13.2 Å². The van der Waals surface area contributed by atoms with Gasteiger partial charge in [-0.05, 0) is 13.8 Å². The second-order valence-electron chi connectivity index (χ2n) is 2.52. The van der Waals surface area contributed by atoms with Crippen molar-refractivity contribution in [2.75, 3.05) is 0 Å². The minimum absolute atomic E-state index is 0. The Morgan fingerprint density at radius 1 is 1.06 bits per heavy atom. The van der Waals surface area contributed by atoms with Crippen LogP contribution in [-0.2, 0) is 14.3 Å². The molecule has 16 heavy (non-hydrogen) atoms. The zero-order chi connectivity index (χ0) is 12.4. The van der Waals surface area contributed by atoms with Crippen molar-refractivity contribution in [3.8, 4) is 0 Å². The Hall–Kier alpha value is -0.404. The van der Waals surface area contributed by atoms with Crippen LogP contribution in [-0.4, -0.2) is 22.2 Å². The Morgan fingerprint density at radius 3 is 1.38 bits per heavy atom. The third kappa shape index (κ3) is 29.2. The van der Waals surface area contributed by atoms with Crippen molar-refractivity contribution in [1.29, 1.82) is 0 Å². The summed E-state index contributed by atoms with van der Waals surface area (Å²) in [6.07, 6.45) is 1.12. The molecule has 0 radical (unpaired) electrons. The van der Waals surface area contributed by atoms with Crippen LogP contribution in [0.1, 0.15) is 15.3 Å². The molecule has 0 aromatic carbocycles. The van der Waals surface area contributed by atoms with Gasteiger partial charge in [-0.1, -0.05) is 13.2 Å². The van der Waals surface area contributed by atoms with Crippen molar-refractivity contribution in [3.05, 3.63) is 36.8 Å². The van der Waals surface area contributed by atoms with Crippen LogP contribution in [0.5, 0.6) is 0 Å². The van der Waals surface area contributed by atoms with Crippen molar-refractivity contribution in [3.63, 3.8) is 0 Å². The molecule has 0 aromatic rings. The van der Waals surface area contributed by atoms with Crippen LogP contribution in [0.15, 0.2) is 36.8 Å². The fraction of sp³-hybridized carbons (Fsp3) is 0.200. The minimum Gasteiger partial charge on any atom is -1.00 e. The Kier molecular flexibility index (Phi) is 16.6. The van der Waals surface area contributed by atoms with Gasteiger partial charge in [-0.3, -0.25) is 0 Å². The number of carboxylic acids is 2. The number of ether oxygens (including phenoxy) is 1. The molecule has 5 nitrogen and oxygen atoms in total. The fourth-order valence-corrected chi connectivity index (χ4v) is 0.440. The number of aliphatic carboxylic acids is 2. The number of allylic oxidation sites excluding steroid dienone is 2. The molecular weight excluding hydrogens is 239 g/mol. The Morgan fingerprint density at radius 2 is 1.31 bits per heavy atom. The largest absolute Gasteiger partial charge is 1.00 e. The first-order valence-corrected chi connectivity index (χ1v) is 3.88. The summed E-state index contributed by atoms with van der Waals surface area (Å²) in [7, 11) is 0. The van der Waals surface area contributed by atoms with Gasteiger partial charge in [0.05, 0.1) is 11.5 Å². The monoisotopic (exact) mass is 254 g/mol. The third-order valence-electron chi connectivity index (χ3n) is 0.717. The molecule has 0 atom stereocenters. The second kappa shape index (κ2) is 12.7. The molecule has 6 heteroatoms. The normalized spacial score (nSPS) is 8.12. The summed E-state index contributed by atoms with van der Waals surface area (Å²) in [5.41, 5.74) is 0. The van der Waals surface area contributed by atoms with Crippen molar-refractivity contribution in [1.82, 2.24) is 0 Å². The summed E-state index contributed by atoms with van der Waals surface area (Å²) in [5, 5.41) is 15.6. The average Bonchev–Trinajstić information content (AvgIpc) is 1.99. The van der Waals surface area contributed by atoms with Crippen LogP contribution < -0.4 is 51.4 Å². The molecule has 0 rings (SSSR count). The number of carboxylic acid groups (broad SMARTS) is 2. The molecular formula is C10H15KO5. The number of hydrogen-bond donors (Lipinski definition) is 2. The molecule has 0 aliphatic rings. The maximum Gasteiger partial charge on any atom is 1.00 e. The molecule has 0 aliphatic carbocycles. The smallest absolute Gasteiger partial charge is 1.00 e. The third-order valence-corrected chi connectivity index (χ3v) is 0.717. The summed E-state index contributed by atoms with van der Waals surface area (Å²) < 4.78 is 4.86. The van der Waals surface area contributed by atoms with Crippen LogP contribution in [0.4, 0.5) is 0 Å². The van der Waals surface area contributed by atoms with E-state index in [0.717, 1.165) is 0 Å². The molecule has 0 saturated heterocycles. The maximum atomic E-state index is 9.55. The molecule has 86 valence electrons. The standard InChI is InChI=1S/C6H10O.C4H4O4.K.H/c1-5(2)7-6(3)4;5-3(6)1-2-4(7)8;;/h1,3H2,2,4H3;1-2H,(H,5,6)(H,7,8);;/q;;+1;-1. The van der Waals surface area contributed by atoms with Crippen molar-refractivity contribution >= 4 is 11.9 Å². The second-order valence-corrected chi connectivity index (χ2v) is 2.52. The molecule has 0 spiro atoms. The molecule has 0 heterocycles. The van der Waals surface area contributed by atoms with Crippen LogP contribution in [0, 0.1) is 0 Å². The number of rotatable bonds is 4. The zero-order valence-electron chi connectivity index (χ0n) is 10.7. The predicted octanol–water partition coefficient (Wildman–Crippen LogP) is -1.10. The average molecular weight is 254 g/mol. The van der Waals surface area contributed by atoms with E-state index < -0.39 is 11.9 Å². The van der Waals surface area contributed by atoms with Gasteiger partial charge in [0, 0.05) is 12.2 Å². The van der Waals surface area contributed by atoms with Crippen LogP contribution in [0.25, 0.3) is 0 Å². The first-order chi connectivity index (χ1) is 6.75. The first kappa shape index (κ1) is 20.9. The number of carbonyl (C=O) groups is 2. The Labute approximate surface area is 138 Å². The molecule has 0 unspecified atom stereocenters. The van der Waals surface area contributed by atoms with Gasteiger partial charge < -0.3 is 16.4 Å². The van der Waals surface area contributed by atoms with E-state index in [1.165, 1.54) is 0 Å². The summed E-state index contributed by atoms with van der Waals surface area (Å²) >= 11 is 0. The molecule has 0 bridgehead atoms. The first-order valence-electron chi connectivity index (χ1n) is 3.88. The van der Waals surface area contributed by atoms with Gasteiger partial charge in [0.15, 0.2) is 0 Å². The molecule has 0 saturated carbocycles. The Balaban J connectivity index is -0.0000000896. The van der Waals surface area contributed by atoms with Gasteiger partial charge in [-0.25, -0.2) is 9.59 Å². The SMILES string of the molecule is C=C(C)OC(=C)C.O=C(O)C=CC(=O)O.[H-].[K+]. The van der Waals surface area contributed by atoms with E-state index in [9.17, 15) is 9.59 Å². The topological polar surface area (TPSA) is 83.8 Å². The molecule has 2 N–H and O–H groups in total. The van der Waals surface area contributed by atoms with E-state index in [-0.39, 0.29) is 52.8 Å². The van der Waals surface area contributed by atoms with Crippen molar-refractivity contribution in [2.24, 2.45) is 0 Å². The Bertz CT molecular complexity index is 271. The molecule has 0 aliphatic heterocycles. The summed E-state index contributed by atoms with van der Waals surface area (Å²) in [6.45, 7) is 10.6. The quantitative estimate of drug-likeness (QED) is 0.378. The minimum atomic E-state index is -1.26.